The van der Waals surface area contributed by atoms with Crippen LogP contribution in [0, 0.1) is 5.82 Å². The monoisotopic (exact) mass is 461 g/mol. The first-order chi connectivity index (χ1) is 15.2. The van der Waals surface area contributed by atoms with Crippen molar-refractivity contribution in [1.82, 2.24) is 9.21 Å². The number of imide groups is 1. The van der Waals surface area contributed by atoms with Crippen molar-refractivity contribution in [2.24, 2.45) is 0 Å². The fraction of sp³-hybridized carbons (Fsp3) is 0.286. The number of hydrogen-bond donors (Lipinski definition) is 1. The van der Waals surface area contributed by atoms with Crippen LogP contribution in [0.15, 0.2) is 53.4 Å². The molecule has 2 heterocycles. The van der Waals surface area contributed by atoms with E-state index < -0.39 is 39.7 Å². The van der Waals surface area contributed by atoms with Gasteiger partial charge in [-0.1, -0.05) is 12.1 Å². The van der Waals surface area contributed by atoms with E-state index in [0.29, 0.717) is 0 Å². The average molecular weight is 461 g/mol. The number of anilines is 1. The van der Waals surface area contributed by atoms with Gasteiger partial charge in [0.25, 0.3) is 5.91 Å². The molecule has 0 bridgehead atoms. The van der Waals surface area contributed by atoms with Crippen LogP contribution in [0.3, 0.4) is 0 Å². The van der Waals surface area contributed by atoms with Crippen LogP contribution in [0.2, 0.25) is 0 Å². The quantitative estimate of drug-likeness (QED) is 0.665. The van der Waals surface area contributed by atoms with Crippen molar-refractivity contribution in [2.75, 3.05) is 31.1 Å². The van der Waals surface area contributed by atoms with Crippen molar-refractivity contribution in [3.63, 3.8) is 0 Å². The zero-order chi connectivity index (χ0) is 23.0. The van der Waals surface area contributed by atoms with Gasteiger partial charge < -0.3 is 5.11 Å². The van der Waals surface area contributed by atoms with Crippen LogP contribution in [0.1, 0.15) is 16.8 Å². The van der Waals surface area contributed by atoms with E-state index in [0.717, 1.165) is 4.90 Å². The second-order valence-electron chi connectivity index (χ2n) is 7.51. The van der Waals surface area contributed by atoms with Gasteiger partial charge in [0.05, 0.1) is 28.6 Å². The highest BCUT2D eigenvalue weighted by molar-refractivity contribution is 7.89. The van der Waals surface area contributed by atoms with Gasteiger partial charge in [-0.15, -0.1) is 0 Å². The van der Waals surface area contributed by atoms with Crippen LogP contribution in [-0.4, -0.2) is 72.7 Å². The number of carbonyl (C=O) groups excluding carboxylic acids is 2. The van der Waals surface area contributed by atoms with Crippen LogP contribution >= 0.6 is 0 Å². The summed E-state index contributed by atoms with van der Waals surface area (Å²) in [7, 11) is -3.83. The van der Waals surface area contributed by atoms with Crippen LogP contribution in [0.4, 0.5) is 10.1 Å². The SMILES string of the molecule is O=C(O)c1ccc(S(=O)(=O)N2CCN(C3CC(=O)N(c4ccccc4F)C3=O)CC2)cc1. The maximum atomic E-state index is 14.1. The highest BCUT2D eigenvalue weighted by Crippen LogP contribution is 2.29. The van der Waals surface area contributed by atoms with Crippen LogP contribution < -0.4 is 4.90 Å². The van der Waals surface area contributed by atoms with E-state index in [1.165, 1.54) is 46.8 Å². The molecule has 1 atom stereocenters. The van der Waals surface area contributed by atoms with Crippen molar-refractivity contribution < 1.29 is 32.3 Å². The molecule has 2 aromatic rings. The summed E-state index contributed by atoms with van der Waals surface area (Å²) in [5.74, 6) is -2.85. The number of rotatable bonds is 5. The Morgan fingerprint density at radius 2 is 1.59 bits per heavy atom. The Bertz CT molecular complexity index is 1180. The lowest BCUT2D eigenvalue weighted by atomic mass is 10.2. The molecule has 168 valence electrons. The number of piperazine rings is 1. The molecule has 2 fully saturated rings. The molecule has 4 rings (SSSR count). The summed E-state index contributed by atoms with van der Waals surface area (Å²) >= 11 is 0. The number of hydrogen-bond acceptors (Lipinski definition) is 6. The van der Waals surface area contributed by atoms with Gasteiger partial charge in [-0.05, 0) is 36.4 Å². The Hall–Kier alpha value is -3.15. The number of carbonyl (C=O) groups is 3. The number of halogens is 1. The molecule has 0 spiro atoms. The molecule has 2 aliphatic rings. The molecule has 11 heteroatoms. The minimum atomic E-state index is -3.83. The summed E-state index contributed by atoms with van der Waals surface area (Å²) in [4.78, 5) is 38.8. The van der Waals surface area contributed by atoms with Gasteiger partial charge in [-0.2, -0.15) is 4.31 Å². The Kier molecular flexibility index (Phi) is 5.80. The minimum Gasteiger partial charge on any atom is -0.478 e. The summed E-state index contributed by atoms with van der Waals surface area (Å²) in [5.41, 5.74) is -0.103. The fourth-order valence-electron chi connectivity index (χ4n) is 3.96. The van der Waals surface area contributed by atoms with E-state index in [-0.39, 0.29) is 48.7 Å². The molecular weight excluding hydrogens is 441 g/mol. The van der Waals surface area contributed by atoms with Crippen molar-refractivity contribution in [3.8, 4) is 0 Å². The third-order valence-corrected chi connectivity index (χ3v) is 7.58. The second kappa shape index (κ2) is 8.41. The van der Waals surface area contributed by atoms with E-state index >= 15 is 0 Å². The Morgan fingerprint density at radius 1 is 0.969 bits per heavy atom. The largest absolute Gasteiger partial charge is 0.478 e. The number of nitrogens with zero attached hydrogens (tertiary/aromatic N) is 3. The molecule has 9 nitrogen and oxygen atoms in total. The molecule has 2 aromatic carbocycles. The molecule has 32 heavy (non-hydrogen) atoms. The lowest BCUT2D eigenvalue weighted by Gasteiger charge is -2.36. The van der Waals surface area contributed by atoms with E-state index in [9.17, 15) is 27.2 Å². The fourth-order valence-corrected chi connectivity index (χ4v) is 5.38. The lowest BCUT2D eigenvalue weighted by Crippen LogP contribution is -2.53. The Morgan fingerprint density at radius 3 is 2.19 bits per heavy atom. The molecular formula is C21H20FN3O6S. The predicted molar refractivity (Wildman–Crippen MR) is 111 cm³/mol. The maximum absolute atomic E-state index is 14.1. The minimum absolute atomic E-state index is 0.0161. The topological polar surface area (TPSA) is 115 Å². The summed E-state index contributed by atoms with van der Waals surface area (Å²) in [5, 5.41) is 8.97. The lowest BCUT2D eigenvalue weighted by molar-refractivity contribution is -0.123. The van der Waals surface area contributed by atoms with Gasteiger partial charge in [0.1, 0.15) is 5.82 Å². The van der Waals surface area contributed by atoms with E-state index in [1.54, 1.807) is 11.0 Å². The number of benzene rings is 2. The summed E-state index contributed by atoms with van der Waals surface area (Å²) < 4.78 is 41.1. The number of carboxylic acids is 1. The molecule has 2 amide bonds. The summed E-state index contributed by atoms with van der Waals surface area (Å²) in [6, 6.07) is 9.73. The van der Waals surface area contributed by atoms with Gasteiger partial charge in [0.15, 0.2) is 0 Å². The third kappa shape index (κ3) is 3.90. The van der Waals surface area contributed by atoms with E-state index in [1.807, 2.05) is 0 Å². The number of para-hydroxylation sites is 1. The highest BCUT2D eigenvalue weighted by Gasteiger charge is 2.44. The Labute approximate surface area is 183 Å². The standard InChI is InChI=1S/C21H20FN3O6S/c22-16-3-1-2-4-17(16)25-19(26)13-18(20(25)27)23-9-11-24(12-10-23)32(30,31)15-7-5-14(6-8-15)21(28)29/h1-8,18H,9-13H2,(H,28,29). The molecule has 2 aliphatic heterocycles. The molecule has 0 saturated carbocycles. The van der Waals surface area contributed by atoms with Gasteiger partial charge in [0.2, 0.25) is 15.9 Å². The van der Waals surface area contributed by atoms with Gasteiger partial charge >= 0.3 is 5.97 Å². The molecule has 1 unspecified atom stereocenters. The van der Waals surface area contributed by atoms with Crippen molar-refractivity contribution in [2.45, 2.75) is 17.4 Å². The summed E-state index contributed by atoms with van der Waals surface area (Å²) in [6.07, 6.45) is -0.101. The zero-order valence-electron chi connectivity index (χ0n) is 16.8. The first kappa shape index (κ1) is 22.1. The molecule has 1 N–H and O–H groups in total. The van der Waals surface area contributed by atoms with Gasteiger partial charge in [-0.25, -0.2) is 22.5 Å². The average Bonchev–Trinajstić information content (AvgIpc) is 3.08. The van der Waals surface area contributed by atoms with Crippen LogP contribution in [0.5, 0.6) is 0 Å². The number of amides is 2. The molecule has 2 saturated heterocycles. The number of carboxylic acid groups (broad SMARTS) is 1. The predicted octanol–water partition coefficient (Wildman–Crippen LogP) is 1.16. The van der Waals surface area contributed by atoms with Crippen LogP contribution in [-0.2, 0) is 19.6 Å². The van der Waals surface area contributed by atoms with Crippen molar-refractivity contribution in [1.29, 1.82) is 0 Å². The number of aromatic carboxylic acids is 1. The zero-order valence-corrected chi connectivity index (χ0v) is 17.7. The Balaban J connectivity index is 1.44. The van der Waals surface area contributed by atoms with Crippen molar-refractivity contribution >= 4 is 33.5 Å². The maximum Gasteiger partial charge on any atom is 0.335 e. The van der Waals surface area contributed by atoms with E-state index in [4.69, 9.17) is 5.11 Å². The van der Waals surface area contributed by atoms with Crippen molar-refractivity contribution in [3.05, 3.63) is 59.9 Å². The first-order valence-electron chi connectivity index (χ1n) is 9.89. The van der Waals surface area contributed by atoms with Crippen LogP contribution in [0.25, 0.3) is 0 Å². The summed E-state index contributed by atoms with van der Waals surface area (Å²) in [6.45, 7) is 0.643. The van der Waals surface area contributed by atoms with E-state index in [2.05, 4.69) is 0 Å². The molecule has 0 aromatic heterocycles. The smallest absolute Gasteiger partial charge is 0.335 e. The normalized spacial score (nSPS) is 20.7. The van der Waals surface area contributed by atoms with Gasteiger partial charge in [0, 0.05) is 26.2 Å². The third-order valence-electron chi connectivity index (χ3n) is 5.67. The molecule has 0 radical (unpaired) electrons. The molecule has 0 aliphatic carbocycles. The highest BCUT2D eigenvalue weighted by atomic mass is 32.2. The number of sulfonamides is 1. The van der Waals surface area contributed by atoms with Gasteiger partial charge in [-0.3, -0.25) is 14.5 Å². The first-order valence-corrected chi connectivity index (χ1v) is 11.3. The second-order valence-corrected chi connectivity index (χ2v) is 9.45.